The lowest BCUT2D eigenvalue weighted by Crippen LogP contribution is -2.30. The molecule has 164 valence electrons. The molecule has 0 unspecified atom stereocenters. The van der Waals surface area contributed by atoms with E-state index in [-0.39, 0.29) is 17.3 Å². The largest absolute Gasteiger partial charge is 0.516 e. The lowest BCUT2D eigenvalue weighted by atomic mass is 9.94. The van der Waals surface area contributed by atoms with Crippen LogP contribution in [0.15, 0.2) is 24.3 Å². The van der Waals surface area contributed by atoms with Crippen LogP contribution in [0.25, 0.3) is 11.1 Å². The number of halogens is 4. The maximum Gasteiger partial charge on any atom is 0.516 e. The number of ether oxygens (including phenoxy) is 1. The molecule has 1 aromatic carbocycles. The second-order valence-corrected chi connectivity index (χ2v) is 8.59. The van der Waals surface area contributed by atoms with Gasteiger partial charge in [-0.1, -0.05) is 11.6 Å². The monoisotopic (exact) mass is 465 g/mol. The predicted molar refractivity (Wildman–Crippen MR) is 106 cm³/mol. The predicted octanol–water partition coefficient (Wildman–Crippen LogP) is 3.84. The van der Waals surface area contributed by atoms with Crippen LogP contribution in [-0.2, 0) is 19.6 Å². The zero-order chi connectivity index (χ0) is 22.9. The maximum atomic E-state index is 12.6. The average molecular weight is 466 g/mol. The molecule has 3 N–H and O–H groups in total. The zero-order valence-electron chi connectivity index (χ0n) is 16.2. The molecule has 1 heterocycles. The molecule has 1 aromatic heterocycles. The number of hydrogen-bond donors (Lipinski definition) is 2. The van der Waals surface area contributed by atoms with Crippen molar-refractivity contribution in [1.82, 2.24) is 4.98 Å². The number of anilines is 1. The molecule has 2 aromatic rings. The first-order valence-electron chi connectivity index (χ1n) is 8.45. The molecule has 0 amide bonds. The summed E-state index contributed by atoms with van der Waals surface area (Å²) in [4.78, 5) is 15.6. The number of pyridine rings is 1. The van der Waals surface area contributed by atoms with Gasteiger partial charge in [-0.3, -0.25) is 9.52 Å². The first kappa shape index (κ1) is 23.9. The summed E-state index contributed by atoms with van der Waals surface area (Å²) in [7, 11) is -4.31. The number of aryl methyl sites for hydroxylation is 2. The average Bonchev–Trinajstić information content (AvgIpc) is 2.59. The SMILES string of the molecule is COC(=O)C[C@H](N)c1cc(-c2c(C)cc(NS(=O)(=O)C(F)(F)F)cc2C)cc(Cl)n1. The van der Waals surface area contributed by atoms with Gasteiger partial charge in [0.2, 0.25) is 0 Å². The number of nitrogens with zero attached hydrogens (tertiary/aromatic N) is 1. The highest BCUT2D eigenvalue weighted by Gasteiger charge is 2.46. The van der Waals surface area contributed by atoms with Crippen LogP contribution in [0.3, 0.4) is 0 Å². The molecule has 0 bridgehead atoms. The second-order valence-electron chi connectivity index (χ2n) is 6.53. The third kappa shape index (κ3) is 5.41. The standard InChI is InChI=1S/C18H19ClF3N3O4S/c1-9-4-12(25-30(27,28)18(20,21)22)5-10(2)17(9)11-6-14(24-15(19)7-11)13(23)8-16(26)29-3/h4-7,13,25H,8,23H2,1-3H3/t13-/m0/s1. The van der Waals surface area contributed by atoms with Crippen LogP contribution in [0.5, 0.6) is 0 Å². The summed E-state index contributed by atoms with van der Waals surface area (Å²) in [5.74, 6) is -0.528. The number of methoxy groups -OCH3 is 1. The quantitative estimate of drug-likeness (QED) is 0.495. The first-order chi connectivity index (χ1) is 13.7. The minimum Gasteiger partial charge on any atom is -0.469 e. The van der Waals surface area contributed by atoms with Crippen LogP contribution >= 0.6 is 11.6 Å². The minimum atomic E-state index is -5.54. The van der Waals surface area contributed by atoms with Gasteiger partial charge in [0.25, 0.3) is 0 Å². The number of carbonyl (C=O) groups is 1. The van der Waals surface area contributed by atoms with E-state index in [0.29, 0.717) is 27.9 Å². The fraction of sp³-hybridized carbons (Fsp3) is 0.333. The molecule has 0 fully saturated rings. The Kier molecular flexibility index (Phi) is 7.00. The fourth-order valence-electron chi connectivity index (χ4n) is 2.91. The molecule has 1 atom stereocenters. The van der Waals surface area contributed by atoms with E-state index in [0.717, 1.165) is 0 Å². The van der Waals surface area contributed by atoms with Crippen molar-refractivity contribution in [1.29, 1.82) is 0 Å². The molecule has 0 radical (unpaired) electrons. The van der Waals surface area contributed by atoms with Gasteiger partial charge in [-0.15, -0.1) is 0 Å². The van der Waals surface area contributed by atoms with Gasteiger partial charge in [0, 0.05) is 5.69 Å². The highest BCUT2D eigenvalue weighted by molar-refractivity contribution is 7.93. The van der Waals surface area contributed by atoms with Crippen LogP contribution in [0.4, 0.5) is 18.9 Å². The van der Waals surface area contributed by atoms with Crippen LogP contribution in [-0.4, -0.2) is 32.0 Å². The van der Waals surface area contributed by atoms with E-state index in [4.69, 9.17) is 17.3 Å². The molecular formula is C18H19ClF3N3O4S. The van der Waals surface area contributed by atoms with Gasteiger partial charge >= 0.3 is 21.5 Å². The molecule has 0 saturated heterocycles. The number of sulfonamides is 1. The molecule has 7 nitrogen and oxygen atoms in total. The third-order valence-corrected chi connectivity index (χ3v) is 5.49. The summed E-state index contributed by atoms with van der Waals surface area (Å²) in [6.45, 7) is 3.21. The number of esters is 1. The second kappa shape index (κ2) is 8.78. The first-order valence-corrected chi connectivity index (χ1v) is 10.3. The van der Waals surface area contributed by atoms with E-state index in [1.807, 2.05) is 0 Å². The van der Waals surface area contributed by atoms with E-state index in [9.17, 15) is 26.4 Å². The maximum absolute atomic E-state index is 12.6. The summed E-state index contributed by atoms with van der Waals surface area (Å²) < 4.78 is 66.7. The smallest absolute Gasteiger partial charge is 0.469 e. The number of alkyl halides is 3. The Bertz CT molecular complexity index is 1050. The van der Waals surface area contributed by atoms with Crippen LogP contribution in [0, 0.1) is 13.8 Å². The topological polar surface area (TPSA) is 111 Å². The highest BCUT2D eigenvalue weighted by Crippen LogP contribution is 2.34. The minimum absolute atomic E-state index is 0.100. The Hall–Kier alpha value is -2.37. The van der Waals surface area contributed by atoms with Gasteiger partial charge in [0.15, 0.2) is 0 Å². The fourth-order valence-corrected chi connectivity index (χ4v) is 3.67. The van der Waals surface area contributed by atoms with Crippen molar-refractivity contribution in [3.63, 3.8) is 0 Å². The molecule has 0 saturated carbocycles. The van der Waals surface area contributed by atoms with Gasteiger partial charge in [0.05, 0.1) is 25.3 Å². The van der Waals surface area contributed by atoms with Crippen molar-refractivity contribution in [2.75, 3.05) is 11.8 Å². The van der Waals surface area contributed by atoms with Gasteiger partial charge < -0.3 is 10.5 Å². The van der Waals surface area contributed by atoms with Crippen molar-refractivity contribution in [2.45, 2.75) is 31.8 Å². The van der Waals surface area contributed by atoms with Crippen LogP contribution in [0.1, 0.15) is 29.3 Å². The van der Waals surface area contributed by atoms with Crippen molar-refractivity contribution in [3.8, 4) is 11.1 Å². The molecule has 2 rings (SSSR count). The van der Waals surface area contributed by atoms with Gasteiger partial charge in [-0.05, 0) is 60.4 Å². The van der Waals surface area contributed by atoms with Gasteiger partial charge in [0.1, 0.15) is 5.15 Å². The summed E-state index contributed by atoms with van der Waals surface area (Å²) >= 11 is 6.09. The summed E-state index contributed by atoms with van der Waals surface area (Å²) in [6, 6.07) is 4.90. The Morgan fingerprint density at radius 3 is 2.30 bits per heavy atom. The van der Waals surface area contributed by atoms with E-state index in [2.05, 4.69) is 9.72 Å². The molecule has 0 aliphatic carbocycles. The third-order valence-electron chi connectivity index (χ3n) is 4.19. The summed E-state index contributed by atoms with van der Waals surface area (Å²) in [6.07, 6.45) is -0.126. The van der Waals surface area contributed by atoms with Crippen molar-refractivity contribution < 1.29 is 31.1 Å². The van der Waals surface area contributed by atoms with Crippen molar-refractivity contribution >= 4 is 33.3 Å². The Labute approximate surface area is 176 Å². The molecule has 0 aliphatic rings. The number of rotatable bonds is 6. The summed E-state index contributed by atoms with van der Waals surface area (Å²) in [5, 5.41) is 0.100. The summed E-state index contributed by atoms with van der Waals surface area (Å²) in [5.41, 5.74) is 2.81. The number of hydrogen-bond acceptors (Lipinski definition) is 6. The van der Waals surface area contributed by atoms with E-state index >= 15 is 0 Å². The highest BCUT2D eigenvalue weighted by atomic mass is 35.5. The van der Waals surface area contributed by atoms with Crippen LogP contribution in [0.2, 0.25) is 5.15 Å². The van der Waals surface area contributed by atoms with Gasteiger partial charge in [-0.2, -0.15) is 21.6 Å². The van der Waals surface area contributed by atoms with E-state index < -0.39 is 27.5 Å². The molecule has 30 heavy (non-hydrogen) atoms. The Balaban J connectivity index is 2.47. The molecular weight excluding hydrogens is 447 g/mol. The number of carbonyl (C=O) groups excluding carboxylic acids is 1. The van der Waals surface area contributed by atoms with E-state index in [1.54, 1.807) is 19.9 Å². The van der Waals surface area contributed by atoms with Gasteiger partial charge in [-0.25, -0.2) is 4.98 Å². The van der Waals surface area contributed by atoms with Crippen LogP contribution < -0.4 is 10.5 Å². The van der Waals surface area contributed by atoms with Crippen molar-refractivity contribution in [2.24, 2.45) is 5.73 Å². The molecule has 0 spiro atoms. The lowest BCUT2D eigenvalue weighted by Gasteiger charge is -2.17. The Morgan fingerprint density at radius 2 is 1.80 bits per heavy atom. The molecule has 0 aliphatic heterocycles. The van der Waals surface area contributed by atoms with Crippen molar-refractivity contribution in [3.05, 3.63) is 46.2 Å². The number of benzene rings is 1. The zero-order valence-corrected chi connectivity index (χ0v) is 17.7. The normalized spacial score (nSPS) is 13.1. The van der Waals surface area contributed by atoms with E-state index in [1.165, 1.54) is 30.0 Å². The number of nitrogens with two attached hydrogens (primary N) is 1. The number of nitrogens with one attached hydrogen (secondary N) is 1. The Morgan fingerprint density at radius 1 is 1.23 bits per heavy atom. The lowest BCUT2D eigenvalue weighted by molar-refractivity contribution is -0.141. The number of aromatic nitrogens is 1. The molecule has 12 heteroatoms.